The molecule has 0 aliphatic carbocycles. The van der Waals surface area contributed by atoms with Crippen LogP contribution in [0.15, 0.2) is 34.9 Å². The molecule has 0 unspecified atom stereocenters. The zero-order chi connectivity index (χ0) is 11.5. The van der Waals surface area contributed by atoms with Crippen LogP contribution in [0.25, 0.3) is 11.3 Å². The Kier molecular flexibility index (Phi) is 2.65. The monoisotopic (exact) mass is 213 g/mol. The quantitative estimate of drug-likeness (QED) is 0.769. The molecular formula is C13H11NO2. The molecule has 0 radical (unpaired) electrons. The molecule has 0 saturated heterocycles. The number of benzene rings is 1. The number of nitrogens with zero attached hydrogens (tertiary/aromatic N) is 1. The molecule has 0 N–H and O–H groups in total. The lowest BCUT2D eigenvalue weighted by Crippen LogP contribution is -1.93. The van der Waals surface area contributed by atoms with E-state index in [1.807, 2.05) is 13.0 Å². The van der Waals surface area contributed by atoms with Crippen molar-refractivity contribution >= 4 is 0 Å². The minimum Gasteiger partial charge on any atom is -0.496 e. The summed E-state index contributed by atoms with van der Waals surface area (Å²) < 4.78 is 10.6. The molecule has 1 aromatic heterocycles. The van der Waals surface area contributed by atoms with Crippen molar-refractivity contribution in [3.8, 4) is 23.1 Å². The van der Waals surface area contributed by atoms with Crippen LogP contribution in [-0.4, -0.2) is 7.11 Å². The van der Waals surface area contributed by atoms with E-state index in [-0.39, 0.29) is 0 Å². The van der Waals surface area contributed by atoms with Gasteiger partial charge in [0.1, 0.15) is 11.5 Å². The normalized spacial score (nSPS) is 9.81. The van der Waals surface area contributed by atoms with E-state index in [1.165, 1.54) is 0 Å². The largest absolute Gasteiger partial charge is 0.496 e. The van der Waals surface area contributed by atoms with E-state index in [1.54, 1.807) is 31.6 Å². The Hall–Kier alpha value is -2.21. The van der Waals surface area contributed by atoms with Gasteiger partial charge in [-0.15, -0.1) is 0 Å². The first kappa shape index (κ1) is 10.3. The Bertz CT molecular complexity index is 536. The molecule has 0 fully saturated rings. The summed E-state index contributed by atoms with van der Waals surface area (Å²) in [6, 6.07) is 9.33. The highest BCUT2D eigenvalue weighted by Crippen LogP contribution is 2.33. The van der Waals surface area contributed by atoms with E-state index in [0.717, 1.165) is 16.9 Å². The number of methoxy groups -OCH3 is 1. The van der Waals surface area contributed by atoms with E-state index in [0.29, 0.717) is 11.3 Å². The first-order valence-electron chi connectivity index (χ1n) is 4.89. The SMILES string of the molecule is COc1ccc(C#N)c(-c2ccco2)c1C. The number of ether oxygens (including phenoxy) is 1. The molecule has 1 aromatic carbocycles. The second-order valence-electron chi connectivity index (χ2n) is 3.40. The van der Waals surface area contributed by atoms with E-state index >= 15 is 0 Å². The molecule has 0 saturated carbocycles. The Morgan fingerprint density at radius 1 is 1.31 bits per heavy atom. The summed E-state index contributed by atoms with van der Waals surface area (Å²) in [6.07, 6.45) is 1.59. The molecule has 80 valence electrons. The van der Waals surface area contributed by atoms with E-state index < -0.39 is 0 Å². The second-order valence-corrected chi connectivity index (χ2v) is 3.40. The zero-order valence-electron chi connectivity index (χ0n) is 9.15. The topological polar surface area (TPSA) is 46.2 Å². The van der Waals surface area contributed by atoms with Crippen molar-refractivity contribution in [1.29, 1.82) is 5.26 Å². The molecule has 0 aliphatic heterocycles. The maximum atomic E-state index is 9.07. The van der Waals surface area contributed by atoms with Crippen molar-refractivity contribution in [2.24, 2.45) is 0 Å². The van der Waals surface area contributed by atoms with Crippen LogP contribution in [0.4, 0.5) is 0 Å². The van der Waals surface area contributed by atoms with Crippen LogP contribution in [0.1, 0.15) is 11.1 Å². The minimum absolute atomic E-state index is 0.591. The third kappa shape index (κ3) is 1.55. The van der Waals surface area contributed by atoms with Gasteiger partial charge in [0.25, 0.3) is 0 Å². The number of rotatable bonds is 2. The summed E-state index contributed by atoms with van der Waals surface area (Å²) in [5.41, 5.74) is 2.30. The molecule has 0 amide bonds. The van der Waals surface area contributed by atoms with Crippen molar-refractivity contribution in [3.63, 3.8) is 0 Å². The van der Waals surface area contributed by atoms with Crippen molar-refractivity contribution in [2.45, 2.75) is 6.92 Å². The fourth-order valence-electron chi connectivity index (χ4n) is 1.75. The van der Waals surface area contributed by atoms with Gasteiger partial charge >= 0.3 is 0 Å². The maximum Gasteiger partial charge on any atom is 0.135 e. The summed E-state index contributed by atoms with van der Waals surface area (Å²) in [4.78, 5) is 0. The lowest BCUT2D eigenvalue weighted by atomic mass is 9.99. The number of hydrogen-bond donors (Lipinski definition) is 0. The highest BCUT2D eigenvalue weighted by molar-refractivity contribution is 5.72. The van der Waals surface area contributed by atoms with Crippen LogP contribution in [0.3, 0.4) is 0 Å². The van der Waals surface area contributed by atoms with Gasteiger partial charge in [0.2, 0.25) is 0 Å². The third-order valence-corrected chi connectivity index (χ3v) is 2.52. The van der Waals surface area contributed by atoms with Crippen molar-refractivity contribution < 1.29 is 9.15 Å². The molecule has 3 nitrogen and oxygen atoms in total. The van der Waals surface area contributed by atoms with Crippen LogP contribution in [0.5, 0.6) is 5.75 Å². The number of hydrogen-bond acceptors (Lipinski definition) is 3. The highest BCUT2D eigenvalue weighted by Gasteiger charge is 2.14. The van der Waals surface area contributed by atoms with Crippen LogP contribution in [0, 0.1) is 18.3 Å². The third-order valence-electron chi connectivity index (χ3n) is 2.52. The molecular weight excluding hydrogens is 202 g/mol. The molecule has 2 aromatic rings. The zero-order valence-corrected chi connectivity index (χ0v) is 9.15. The second kappa shape index (κ2) is 4.11. The minimum atomic E-state index is 0.591. The first-order chi connectivity index (χ1) is 7.77. The highest BCUT2D eigenvalue weighted by atomic mass is 16.5. The Balaban J connectivity index is 2.71. The van der Waals surface area contributed by atoms with Crippen LogP contribution in [0.2, 0.25) is 0 Å². The lowest BCUT2D eigenvalue weighted by molar-refractivity contribution is 0.411. The molecule has 0 aliphatic rings. The number of furan rings is 1. The van der Waals surface area contributed by atoms with Gasteiger partial charge in [0, 0.05) is 11.1 Å². The van der Waals surface area contributed by atoms with Crippen LogP contribution in [-0.2, 0) is 0 Å². The average Bonchev–Trinajstić information content (AvgIpc) is 2.81. The van der Waals surface area contributed by atoms with E-state index in [9.17, 15) is 0 Å². The van der Waals surface area contributed by atoms with Gasteiger partial charge in [-0.3, -0.25) is 0 Å². The summed E-state index contributed by atoms with van der Waals surface area (Å²) in [5, 5.41) is 9.07. The average molecular weight is 213 g/mol. The van der Waals surface area contributed by atoms with Gasteiger partial charge in [-0.2, -0.15) is 5.26 Å². The summed E-state index contributed by atoms with van der Waals surface area (Å²) in [5.74, 6) is 1.44. The van der Waals surface area contributed by atoms with E-state index in [2.05, 4.69) is 6.07 Å². The smallest absolute Gasteiger partial charge is 0.135 e. The number of nitriles is 1. The van der Waals surface area contributed by atoms with Gasteiger partial charge < -0.3 is 9.15 Å². The molecule has 3 heteroatoms. The summed E-state index contributed by atoms with van der Waals surface area (Å²) in [6.45, 7) is 1.91. The van der Waals surface area contributed by atoms with Gasteiger partial charge in [0.05, 0.1) is 25.0 Å². The van der Waals surface area contributed by atoms with Crippen molar-refractivity contribution in [2.75, 3.05) is 7.11 Å². The maximum absolute atomic E-state index is 9.07. The van der Waals surface area contributed by atoms with E-state index in [4.69, 9.17) is 14.4 Å². The Labute approximate surface area is 93.9 Å². The molecule has 1 heterocycles. The predicted octanol–water partition coefficient (Wildman–Crippen LogP) is 3.14. The molecule has 2 rings (SSSR count). The lowest BCUT2D eigenvalue weighted by Gasteiger charge is -2.10. The molecule has 0 atom stereocenters. The van der Waals surface area contributed by atoms with Crippen molar-refractivity contribution in [1.82, 2.24) is 0 Å². The Morgan fingerprint density at radius 3 is 2.69 bits per heavy atom. The Morgan fingerprint density at radius 2 is 2.12 bits per heavy atom. The fraction of sp³-hybridized carbons (Fsp3) is 0.154. The van der Waals surface area contributed by atoms with Gasteiger partial charge in [-0.05, 0) is 31.2 Å². The molecule has 16 heavy (non-hydrogen) atoms. The van der Waals surface area contributed by atoms with Crippen LogP contribution < -0.4 is 4.74 Å². The standard InChI is InChI=1S/C13H11NO2/c1-9-11(15-2)6-5-10(8-14)13(9)12-4-3-7-16-12/h3-7H,1-2H3. The molecule has 0 spiro atoms. The van der Waals surface area contributed by atoms with Gasteiger partial charge in [0.15, 0.2) is 0 Å². The predicted molar refractivity (Wildman–Crippen MR) is 60.1 cm³/mol. The molecule has 0 bridgehead atoms. The fourth-order valence-corrected chi connectivity index (χ4v) is 1.75. The summed E-state index contributed by atoms with van der Waals surface area (Å²) >= 11 is 0. The van der Waals surface area contributed by atoms with Crippen molar-refractivity contribution in [3.05, 3.63) is 41.7 Å². The van der Waals surface area contributed by atoms with Gasteiger partial charge in [-0.1, -0.05) is 0 Å². The first-order valence-corrected chi connectivity index (χ1v) is 4.89. The van der Waals surface area contributed by atoms with Crippen LogP contribution >= 0.6 is 0 Å². The van der Waals surface area contributed by atoms with Gasteiger partial charge in [-0.25, -0.2) is 0 Å². The summed E-state index contributed by atoms with van der Waals surface area (Å²) in [7, 11) is 1.61.